The molecule has 0 N–H and O–H groups in total. The average molecular weight is 285 g/mol. The summed E-state index contributed by atoms with van der Waals surface area (Å²) in [5, 5.41) is 1.33. The highest BCUT2D eigenvalue weighted by Crippen LogP contribution is 2.53. The van der Waals surface area contributed by atoms with Gasteiger partial charge >= 0.3 is 0 Å². The quantitative estimate of drug-likeness (QED) is 0.769. The smallest absolute Gasteiger partial charge is 0.123 e. The summed E-state index contributed by atoms with van der Waals surface area (Å²) >= 11 is 1.87. The maximum atomic E-state index is 11.2. The number of fused-ring (bicyclic) bond motifs is 3. The van der Waals surface area contributed by atoms with Crippen LogP contribution >= 0.6 is 11.3 Å². The van der Waals surface area contributed by atoms with E-state index >= 15 is 0 Å². The van der Waals surface area contributed by atoms with Crippen molar-refractivity contribution in [2.45, 2.75) is 43.9 Å². The van der Waals surface area contributed by atoms with Gasteiger partial charge < -0.3 is 4.79 Å². The molecule has 1 aromatic heterocycles. The van der Waals surface area contributed by atoms with E-state index in [9.17, 15) is 4.79 Å². The van der Waals surface area contributed by atoms with Gasteiger partial charge in [-0.25, -0.2) is 4.98 Å². The van der Waals surface area contributed by atoms with E-state index in [0.29, 0.717) is 11.8 Å². The third kappa shape index (κ3) is 1.83. The number of aromatic nitrogens is 1. The summed E-state index contributed by atoms with van der Waals surface area (Å²) in [5.41, 5.74) is 1.41. The van der Waals surface area contributed by atoms with Gasteiger partial charge in [0.25, 0.3) is 0 Å². The minimum Gasteiger partial charge on any atom is -0.303 e. The van der Waals surface area contributed by atoms with E-state index in [2.05, 4.69) is 24.3 Å². The van der Waals surface area contributed by atoms with Crippen LogP contribution in [0.15, 0.2) is 24.3 Å². The lowest BCUT2D eigenvalue weighted by Gasteiger charge is -2.46. The van der Waals surface area contributed by atoms with Gasteiger partial charge in [0, 0.05) is 11.3 Å². The van der Waals surface area contributed by atoms with Gasteiger partial charge in [0.1, 0.15) is 6.29 Å². The zero-order valence-corrected chi connectivity index (χ0v) is 12.4. The zero-order valence-electron chi connectivity index (χ0n) is 11.5. The van der Waals surface area contributed by atoms with Crippen LogP contribution in [0.5, 0.6) is 0 Å². The first-order valence-corrected chi connectivity index (χ1v) is 8.44. The van der Waals surface area contributed by atoms with Gasteiger partial charge in [0.15, 0.2) is 0 Å². The van der Waals surface area contributed by atoms with E-state index in [1.165, 1.54) is 41.7 Å². The number of carbonyl (C=O) groups excluding carboxylic acids is 1. The highest BCUT2D eigenvalue weighted by atomic mass is 32.1. The van der Waals surface area contributed by atoms with Gasteiger partial charge in [-0.15, -0.1) is 11.3 Å². The van der Waals surface area contributed by atoms with Crippen LogP contribution in [0.3, 0.4) is 0 Å². The van der Waals surface area contributed by atoms with E-state index in [1.807, 2.05) is 11.3 Å². The van der Waals surface area contributed by atoms with Gasteiger partial charge in [-0.1, -0.05) is 18.6 Å². The minimum atomic E-state index is 0.270. The van der Waals surface area contributed by atoms with Gasteiger partial charge in [0.05, 0.1) is 15.2 Å². The van der Waals surface area contributed by atoms with Crippen molar-refractivity contribution in [3.05, 3.63) is 29.3 Å². The number of carbonyl (C=O) groups is 1. The molecule has 0 spiro atoms. The highest BCUT2D eigenvalue weighted by Gasteiger charge is 2.46. The third-order valence-electron chi connectivity index (χ3n) is 5.37. The van der Waals surface area contributed by atoms with E-state index in [1.54, 1.807) is 0 Å². The van der Waals surface area contributed by atoms with Gasteiger partial charge in [0.2, 0.25) is 0 Å². The lowest BCUT2D eigenvalue weighted by Crippen LogP contribution is -2.41. The molecule has 1 aromatic carbocycles. The van der Waals surface area contributed by atoms with Crippen LogP contribution in [0.4, 0.5) is 0 Å². The number of rotatable bonds is 2. The molecule has 104 valence electrons. The summed E-state index contributed by atoms with van der Waals surface area (Å²) in [5.74, 6) is 0.903. The Morgan fingerprint density at radius 1 is 1.25 bits per heavy atom. The van der Waals surface area contributed by atoms with Crippen LogP contribution in [0, 0.1) is 11.8 Å². The van der Waals surface area contributed by atoms with Crippen LogP contribution in [-0.4, -0.2) is 11.3 Å². The molecule has 1 heterocycles. The number of hydrogen-bond acceptors (Lipinski definition) is 3. The molecule has 0 amide bonds. The average Bonchev–Trinajstić information content (AvgIpc) is 2.92. The van der Waals surface area contributed by atoms with E-state index < -0.39 is 0 Å². The first-order chi connectivity index (χ1) is 9.81. The SMILES string of the molecule is O=CC1CCC2(c3nc4ccccc4s3)CCCC1C2. The van der Waals surface area contributed by atoms with Gasteiger partial charge in [-0.05, 0) is 50.2 Å². The maximum absolute atomic E-state index is 11.2. The Labute approximate surface area is 123 Å². The molecule has 0 saturated heterocycles. The summed E-state index contributed by atoms with van der Waals surface area (Å²) < 4.78 is 1.30. The molecule has 4 rings (SSSR count). The monoisotopic (exact) mass is 285 g/mol. The fourth-order valence-corrected chi connectivity index (χ4v) is 5.48. The van der Waals surface area contributed by atoms with E-state index in [-0.39, 0.29) is 5.41 Å². The fraction of sp³-hybridized carbons (Fsp3) is 0.529. The third-order valence-corrected chi connectivity index (χ3v) is 6.65. The first kappa shape index (κ1) is 12.5. The number of hydrogen-bond donors (Lipinski definition) is 0. The van der Waals surface area contributed by atoms with Crippen LogP contribution in [-0.2, 0) is 10.2 Å². The molecule has 2 aromatic rings. The predicted molar refractivity (Wildman–Crippen MR) is 82.0 cm³/mol. The maximum Gasteiger partial charge on any atom is 0.123 e. The van der Waals surface area contributed by atoms with Crippen molar-refractivity contribution in [1.29, 1.82) is 0 Å². The summed E-state index contributed by atoms with van der Waals surface area (Å²) in [6.07, 6.45) is 8.33. The van der Waals surface area contributed by atoms with Crippen LogP contribution in [0.1, 0.15) is 43.5 Å². The molecule has 0 aliphatic heterocycles. The van der Waals surface area contributed by atoms with Gasteiger partial charge in [-0.3, -0.25) is 0 Å². The Balaban J connectivity index is 1.74. The molecule has 2 saturated carbocycles. The lowest BCUT2D eigenvalue weighted by molar-refractivity contribution is -0.114. The minimum absolute atomic E-state index is 0.270. The molecule has 0 radical (unpaired) electrons. The van der Waals surface area contributed by atoms with Crippen molar-refractivity contribution < 1.29 is 4.79 Å². The molecule has 3 heteroatoms. The Bertz CT molecular complexity index is 616. The largest absolute Gasteiger partial charge is 0.303 e. The molecule has 3 unspecified atom stereocenters. The van der Waals surface area contributed by atoms with Crippen molar-refractivity contribution in [3.63, 3.8) is 0 Å². The Kier molecular flexibility index (Phi) is 2.92. The summed E-state index contributed by atoms with van der Waals surface area (Å²) in [6, 6.07) is 8.44. The number of aldehydes is 1. The zero-order chi connectivity index (χ0) is 13.6. The van der Waals surface area contributed by atoms with Crippen molar-refractivity contribution in [3.8, 4) is 0 Å². The number of para-hydroxylation sites is 1. The molecule has 20 heavy (non-hydrogen) atoms. The fourth-order valence-electron chi connectivity index (χ4n) is 4.26. The lowest BCUT2D eigenvalue weighted by atomic mass is 9.59. The van der Waals surface area contributed by atoms with Crippen molar-refractivity contribution >= 4 is 27.8 Å². The number of thiazole rings is 1. The van der Waals surface area contributed by atoms with Crippen LogP contribution < -0.4 is 0 Å². The van der Waals surface area contributed by atoms with Crippen molar-refractivity contribution in [2.75, 3.05) is 0 Å². The predicted octanol–water partition coefficient (Wildman–Crippen LogP) is 4.33. The molecular weight excluding hydrogens is 266 g/mol. The second kappa shape index (κ2) is 4.66. The normalized spacial score (nSPS) is 33.2. The standard InChI is InChI=1S/C17H19NOS/c19-11-13-7-9-17(8-3-4-12(13)10-17)16-18-14-5-1-2-6-15(14)20-16/h1-2,5-6,11-13H,3-4,7-10H2. The van der Waals surface area contributed by atoms with E-state index in [4.69, 9.17) is 4.98 Å². The second-order valence-corrected chi connectivity index (χ2v) is 7.49. The molecule has 2 nitrogen and oxygen atoms in total. The van der Waals surface area contributed by atoms with Crippen LogP contribution in [0.2, 0.25) is 0 Å². The highest BCUT2D eigenvalue weighted by molar-refractivity contribution is 7.18. The van der Waals surface area contributed by atoms with E-state index in [0.717, 1.165) is 18.4 Å². The van der Waals surface area contributed by atoms with Crippen molar-refractivity contribution in [1.82, 2.24) is 4.98 Å². The number of nitrogens with zero attached hydrogens (tertiary/aromatic N) is 1. The summed E-state index contributed by atoms with van der Waals surface area (Å²) in [6.45, 7) is 0. The molecule has 3 atom stereocenters. The molecule has 2 fully saturated rings. The molecular formula is C17H19NOS. The molecule has 2 aliphatic rings. The topological polar surface area (TPSA) is 30.0 Å². The summed E-state index contributed by atoms with van der Waals surface area (Å²) in [7, 11) is 0. The Morgan fingerprint density at radius 3 is 3.00 bits per heavy atom. The Morgan fingerprint density at radius 2 is 2.15 bits per heavy atom. The molecule has 2 bridgehead atoms. The van der Waals surface area contributed by atoms with Crippen LogP contribution in [0.25, 0.3) is 10.2 Å². The molecule has 2 aliphatic carbocycles. The Hall–Kier alpha value is -1.22. The number of benzene rings is 1. The van der Waals surface area contributed by atoms with Gasteiger partial charge in [-0.2, -0.15) is 0 Å². The van der Waals surface area contributed by atoms with Crippen molar-refractivity contribution in [2.24, 2.45) is 11.8 Å². The summed E-state index contributed by atoms with van der Waals surface area (Å²) in [4.78, 5) is 16.2. The second-order valence-electron chi connectivity index (χ2n) is 6.46. The first-order valence-electron chi connectivity index (χ1n) is 7.62.